The Labute approximate surface area is 115 Å². The molecule has 0 amide bonds. The molecule has 0 bridgehead atoms. The van der Waals surface area contributed by atoms with Crippen LogP contribution in [-0.4, -0.2) is 15.2 Å². The molecule has 4 nitrogen and oxygen atoms in total. The minimum Gasteiger partial charge on any atom is -0.454 e. The summed E-state index contributed by atoms with van der Waals surface area (Å²) in [7, 11) is -3.64. The van der Waals surface area contributed by atoms with E-state index in [2.05, 4.69) is 0 Å². The first kappa shape index (κ1) is 12.3. The molecule has 0 aromatic heterocycles. The molecule has 0 saturated heterocycles. The number of rotatable bonds is 2. The van der Waals surface area contributed by atoms with Crippen molar-refractivity contribution in [3.63, 3.8) is 0 Å². The van der Waals surface area contributed by atoms with Crippen LogP contribution in [0.25, 0.3) is 0 Å². The zero-order valence-electron chi connectivity index (χ0n) is 9.67. The maximum absolute atomic E-state index is 12.5. The summed E-state index contributed by atoms with van der Waals surface area (Å²) in [6.07, 6.45) is 0. The summed E-state index contributed by atoms with van der Waals surface area (Å²) in [4.78, 5) is 0.269. The zero-order chi connectivity index (χ0) is 13.5. The number of para-hydroxylation sites is 1. The first-order valence-corrected chi connectivity index (χ1v) is 7.34. The number of ether oxygens (including phenoxy) is 2. The van der Waals surface area contributed by atoms with E-state index in [1.807, 2.05) is 0 Å². The quantitative estimate of drug-likeness (QED) is 0.855. The summed E-state index contributed by atoms with van der Waals surface area (Å²) >= 11 is 5.76. The van der Waals surface area contributed by atoms with Crippen LogP contribution in [0, 0.1) is 0 Å². The van der Waals surface area contributed by atoms with E-state index < -0.39 is 9.84 Å². The first-order chi connectivity index (χ1) is 9.09. The van der Waals surface area contributed by atoms with Gasteiger partial charge in [-0.05, 0) is 36.4 Å². The highest BCUT2D eigenvalue weighted by molar-refractivity contribution is 7.91. The second kappa shape index (κ2) is 4.43. The number of sulfone groups is 1. The fourth-order valence-electron chi connectivity index (χ4n) is 1.86. The molecule has 3 rings (SSSR count). The van der Waals surface area contributed by atoms with Crippen LogP contribution < -0.4 is 9.47 Å². The van der Waals surface area contributed by atoms with E-state index in [0.717, 1.165) is 0 Å². The van der Waals surface area contributed by atoms with Crippen LogP contribution in [0.15, 0.2) is 52.3 Å². The molecule has 0 unspecified atom stereocenters. The third-order valence-electron chi connectivity index (χ3n) is 2.77. The highest BCUT2D eigenvalue weighted by Gasteiger charge is 2.27. The van der Waals surface area contributed by atoms with Crippen LogP contribution in [0.2, 0.25) is 5.02 Å². The Morgan fingerprint density at radius 3 is 2.47 bits per heavy atom. The molecule has 19 heavy (non-hydrogen) atoms. The van der Waals surface area contributed by atoms with Gasteiger partial charge in [-0.15, -0.1) is 0 Å². The van der Waals surface area contributed by atoms with Crippen molar-refractivity contribution in [3.8, 4) is 11.5 Å². The van der Waals surface area contributed by atoms with E-state index in [-0.39, 0.29) is 22.3 Å². The van der Waals surface area contributed by atoms with Crippen LogP contribution in [0.4, 0.5) is 0 Å². The molecule has 98 valence electrons. The van der Waals surface area contributed by atoms with Gasteiger partial charge >= 0.3 is 0 Å². The maximum atomic E-state index is 12.5. The Morgan fingerprint density at radius 2 is 1.74 bits per heavy atom. The van der Waals surface area contributed by atoms with Gasteiger partial charge in [0.15, 0.2) is 11.5 Å². The van der Waals surface area contributed by atoms with Crippen LogP contribution >= 0.6 is 11.6 Å². The summed E-state index contributed by atoms with van der Waals surface area (Å²) in [5.74, 6) is 0.701. The van der Waals surface area contributed by atoms with Gasteiger partial charge in [0.05, 0.1) is 4.90 Å². The van der Waals surface area contributed by atoms with Gasteiger partial charge in [-0.1, -0.05) is 17.7 Å². The predicted octanol–water partition coefficient (Wildman–Crippen LogP) is 2.90. The van der Waals surface area contributed by atoms with E-state index in [1.165, 1.54) is 30.3 Å². The van der Waals surface area contributed by atoms with Crippen LogP contribution in [0.5, 0.6) is 11.5 Å². The van der Waals surface area contributed by atoms with E-state index in [0.29, 0.717) is 10.8 Å². The van der Waals surface area contributed by atoms with Crippen molar-refractivity contribution < 1.29 is 17.9 Å². The molecule has 0 radical (unpaired) electrons. The van der Waals surface area contributed by atoms with Crippen molar-refractivity contribution in [3.05, 3.63) is 47.5 Å². The topological polar surface area (TPSA) is 52.6 Å². The molecule has 0 atom stereocenters. The summed E-state index contributed by atoms with van der Waals surface area (Å²) in [6.45, 7) is 0.0302. The summed E-state index contributed by atoms with van der Waals surface area (Å²) < 4.78 is 35.5. The molecular weight excluding hydrogens is 288 g/mol. The van der Waals surface area contributed by atoms with Crippen molar-refractivity contribution in [1.29, 1.82) is 0 Å². The Kier molecular flexibility index (Phi) is 2.88. The van der Waals surface area contributed by atoms with Crippen LogP contribution in [0.3, 0.4) is 0 Å². The normalized spacial score (nSPS) is 13.5. The molecule has 6 heteroatoms. The third kappa shape index (κ3) is 2.05. The van der Waals surface area contributed by atoms with Crippen molar-refractivity contribution >= 4 is 21.4 Å². The molecule has 1 aliphatic rings. The number of hydrogen-bond acceptors (Lipinski definition) is 4. The van der Waals surface area contributed by atoms with Gasteiger partial charge in [-0.25, -0.2) is 8.42 Å². The fraction of sp³-hybridized carbons (Fsp3) is 0.0769. The minimum absolute atomic E-state index is 0.0302. The van der Waals surface area contributed by atoms with Gasteiger partial charge in [0, 0.05) is 5.02 Å². The lowest BCUT2D eigenvalue weighted by atomic mass is 10.3. The second-order valence-electron chi connectivity index (χ2n) is 3.95. The van der Waals surface area contributed by atoms with Crippen molar-refractivity contribution in [1.82, 2.24) is 0 Å². The van der Waals surface area contributed by atoms with Crippen molar-refractivity contribution in [2.24, 2.45) is 0 Å². The molecule has 1 heterocycles. The lowest BCUT2D eigenvalue weighted by Gasteiger charge is -2.07. The molecule has 0 fully saturated rings. The highest BCUT2D eigenvalue weighted by atomic mass is 35.5. The summed E-state index contributed by atoms with van der Waals surface area (Å²) in [5.41, 5.74) is 0. The van der Waals surface area contributed by atoms with Gasteiger partial charge < -0.3 is 9.47 Å². The Morgan fingerprint density at radius 1 is 1.00 bits per heavy atom. The zero-order valence-corrected chi connectivity index (χ0v) is 11.2. The molecule has 0 saturated carbocycles. The van der Waals surface area contributed by atoms with E-state index in [1.54, 1.807) is 12.1 Å². The van der Waals surface area contributed by atoms with E-state index in [4.69, 9.17) is 21.1 Å². The summed E-state index contributed by atoms with van der Waals surface area (Å²) in [5, 5.41) is 0.483. The number of benzene rings is 2. The number of halogens is 1. The average Bonchev–Trinajstić information content (AvgIpc) is 2.87. The Bertz CT molecular complexity index is 723. The van der Waals surface area contributed by atoms with E-state index in [9.17, 15) is 8.42 Å². The monoisotopic (exact) mass is 296 g/mol. The molecule has 2 aromatic rings. The lowest BCUT2D eigenvalue weighted by molar-refractivity contribution is 0.172. The van der Waals surface area contributed by atoms with Gasteiger partial charge in [0.25, 0.3) is 0 Å². The van der Waals surface area contributed by atoms with Crippen LogP contribution in [-0.2, 0) is 9.84 Å². The van der Waals surface area contributed by atoms with Crippen molar-refractivity contribution in [2.45, 2.75) is 9.79 Å². The van der Waals surface area contributed by atoms with Crippen molar-refractivity contribution in [2.75, 3.05) is 6.79 Å². The molecule has 1 aliphatic heterocycles. The maximum Gasteiger partial charge on any atom is 0.231 e. The third-order valence-corrected chi connectivity index (χ3v) is 4.82. The Hall–Kier alpha value is -1.72. The minimum atomic E-state index is -3.64. The molecule has 0 aliphatic carbocycles. The van der Waals surface area contributed by atoms with Gasteiger partial charge in [-0.2, -0.15) is 0 Å². The smallest absolute Gasteiger partial charge is 0.231 e. The van der Waals surface area contributed by atoms with Crippen LogP contribution in [0.1, 0.15) is 0 Å². The molecule has 2 aromatic carbocycles. The molecule has 0 spiro atoms. The predicted molar refractivity (Wildman–Crippen MR) is 69.5 cm³/mol. The lowest BCUT2D eigenvalue weighted by Crippen LogP contribution is -2.03. The highest BCUT2D eigenvalue weighted by Crippen LogP contribution is 2.40. The van der Waals surface area contributed by atoms with E-state index >= 15 is 0 Å². The number of hydrogen-bond donors (Lipinski definition) is 0. The molecular formula is C13H9ClO4S. The summed E-state index contributed by atoms with van der Waals surface area (Å²) in [6, 6.07) is 10.8. The SMILES string of the molecule is O=S(=O)(c1ccc(Cl)cc1)c1cccc2c1OCO2. The largest absolute Gasteiger partial charge is 0.454 e. The van der Waals surface area contributed by atoms with Gasteiger partial charge in [0.1, 0.15) is 4.90 Å². The standard InChI is InChI=1S/C13H9ClO4S/c14-9-4-6-10(7-5-9)19(15,16)12-3-1-2-11-13(12)18-8-17-11/h1-7H,8H2. The average molecular weight is 297 g/mol. The fourth-order valence-corrected chi connectivity index (χ4v) is 3.39. The molecule has 0 N–H and O–H groups in total. The first-order valence-electron chi connectivity index (χ1n) is 5.48. The number of fused-ring (bicyclic) bond motifs is 1. The second-order valence-corrected chi connectivity index (χ2v) is 6.30. The van der Waals surface area contributed by atoms with Gasteiger partial charge in [-0.3, -0.25) is 0 Å². The van der Waals surface area contributed by atoms with Gasteiger partial charge in [0.2, 0.25) is 16.6 Å². The Balaban J connectivity index is 2.16.